The standard InChI is InChI=1S/C21H26ClN5O.HI/c1-23-21(25-12-11-24-20(28)16-6-3-2-4-7-16)26-18-10-13-27(15-18)19-9-5-8-17(22)14-19;/h2-9,14,18H,10-13,15H2,1H3,(H,24,28)(H2,23,25,26);1H. The summed E-state index contributed by atoms with van der Waals surface area (Å²) in [5, 5.41) is 10.4. The molecule has 0 aromatic heterocycles. The number of hydrogen-bond donors (Lipinski definition) is 3. The Balaban J connectivity index is 0.00000300. The van der Waals surface area contributed by atoms with Crippen molar-refractivity contribution in [3.8, 4) is 0 Å². The van der Waals surface area contributed by atoms with Gasteiger partial charge in [0.2, 0.25) is 0 Å². The second-order valence-electron chi connectivity index (χ2n) is 6.68. The number of carbonyl (C=O) groups excluding carboxylic acids is 1. The molecular formula is C21H27ClIN5O. The van der Waals surface area contributed by atoms with Gasteiger partial charge in [-0.25, -0.2) is 0 Å². The van der Waals surface area contributed by atoms with Crippen molar-refractivity contribution < 1.29 is 4.79 Å². The maximum absolute atomic E-state index is 12.0. The summed E-state index contributed by atoms with van der Waals surface area (Å²) < 4.78 is 0. The van der Waals surface area contributed by atoms with Gasteiger partial charge >= 0.3 is 0 Å². The SMILES string of the molecule is CN=C(NCCNC(=O)c1ccccc1)NC1CCN(c2cccc(Cl)c2)C1.I. The van der Waals surface area contributed by atoms with E-state index in [1.165, 1.54) is 0 Å². The Hall–Kier alpha value is -2.00. The molecule has 1 saturated heterocycles. The van der Waals surface area contributed by atoms with Crippen molar-refractivity contribution in [3.63, 3.8) is 0 Å². The fourth-order valence-electron chi connectivity index (χ4n) is 3.22. The molecule has 3 N–H and O–H groups in total. The zero-order valence-electron chi connectivity index (χ0n) is 16.4. The number of aliphatic imine (C=N–C) groups is 1. The summed E-state index contributed by atoms with van der Waals surface area (Å²) in [6, 6.07) is 17.4. The number of halogens is 2. The molecule has 156 valence electrons. The van der Waals surface area contributed by atoms with Crippen LogP contribution in [-0.2, 0) is 0 Å². The molecule has 1 amide bonds. The van der Waals surface area contributed by atoms with E-state index in [4.69, 9.17) is 11.6 Å². The lowest BCUT2D eigenvalue weighted by atomic mass is 10.2. The molecule has 0 bridgehead atoms. The number of carbonyl (C=O) groups is 1. The first-order valence-electron chi connectivity index (χ1n) is 9.46. The van der Waals surface area contributed by atoms with E-state index < -0.39 is 0 Å². The van der Waals surface area contributed by atoms with Crippen molar-refractivity contribution in [2.24, 2.45) is 4.99 Å². The first-order valence-corrected chi connectivity index (χ1v) is 9.84. The van der Waals surface area contributed by atoms with Gasteiger partial charge in [-0.1, -0.05) is 35.9 Å². The van der Waals surface area contributed by atoms with E-state index in [9.17, 15) is 4.79 Å². The lowest BCUT2D eigenvalue weighted by molar-refractivity contribution is 0.0954. The van der Waals surface area contributed by atoms with Crippen LogP contribution in [0.2, 0.25) is 5.02 Å². The van der Waals surface area contributed by atoms with Gasteiger partial charge in [0.05, 0.1) is 0 Å². The van der Waals surface area contributed by atoms with Gasteiger partial charge in [-0.3, -0.25) is 9.79 Å². The maximum atomic E-state index is 12.0. The van der Waals surface area contributed by atoms with E-state index in [0.717, 1.165) is 36.2 Å². The molecule has 0 saturated carbocycles. The monoisotopic (exact) mass is 527 g/mol. The predicted molar refractivity (Wildman–Crippen MR) is 131 cm³/mol. The highest BCUT2D eigenvalue weighted by molar-refractivity contribution is 14.0. The van der Waals surface area contributed by atoms with E-state index in [1.807, 2.05) is 36.4 Å². The van der Waals surface area contributed by atoms with Gasteiger partial charge in [0.1, 0.15) is 0 Å². The van der Waals surface area contributed by atoms with Crippen LogP contribution in [0.15, 0.2) is 59.6 Å². The summed E-state index contributed by atoms with van der Waals surface area (Å²) in [7, 11) is 1.75. The molecule has 0 spiro atoms. The van der Waals surface area contributed by atoms with Crippen molar-refractivity contribution in [2.45, 2.75) is 12.5 Å². The van der Waals surface area contributed by atoms with Crippen molar-refractivity contribution in [1.82, 2.24) is 16.0 Å². The summed E-state index contributed by atoms with van der Waals surface area (Å²) in [4.78, 5) is 18.6. The molecule has 3 rings (SSSR count). The molecule has 1 atom stereocenters. The summed E-state index contributed by atoms with van der Waals surface area (Å²) in [6.45, 7) is 2.99. The van der Waals surface area contributed by atoms with Crippen molar-refractivity contribution in [2.75, 3.05) is 38.1 Å². The minimum atomic E-state index is -0.0710. The molecular weight excluding hydrogens is 501 g/mol. The highest BCUT2D eigenvalue weighted by Gasteiger charge is 2.23. The van der Waals surface area contributed by atoms with Crippen LogP contribution >= 0.6 is 35.6 Å². The molecule has 0 aliphatic carbocycles. The average molecular weight is 528 g/mol. The smallest absolute Gasteiger partial charge is 0.251 e. The number of rotatable bonds is 6. The number of anilines is 1. The number of guanidine groups is 1. The van der Waals surface area contributed by atoms with Crippen LogP contribution in [0.3, 0.4) is 0 Å². The Kier molecular flexibility index (Phi) is 9.53. The number of amides is 1. The van der Waals surface area contributed by atoms with E-state index in [2.05, 4.69) is 31.9 Å². The summed E-state index contributed by atoms with van der Waals surface area (Å²) in [6.07, 6.45) is 1.03. The molecule has 1 fully saturated rings. The Bertz CT molecular complexity index is 818. The molecule has 6 nitrogen and oxygen atoms in total. The molecule has 1 heterocycles. The second kappa shape index (κ2) is 11.9. The summed E-state index contributed by atoms with van der Waals surface area (Å²) >= 11 is 6.10. The highest BCUT2D eigenvalue weighted by atomic mass is 127. The molecule has 29 heavy (non-hydrogen) atoms. The first-order chi connectivity index (χ1) is 13.7. The van der Waals surface area contributed by atoms with Gasteiger partial charge in [0.15, 0.2) is 5.96 Å². The number of nitrogens with one attached hydrogen (secondary N) is 3. The predicted octanol–water partition coefficient (Wildman–Crippen LogP) is 3.13. The second-order valence-corrected chi connectivity index (χ2v) is 7.11. The minimum absolute atomic E-state index is 0. The van der Waals surface area contributed by atoms with Crippen molar-refractivity contribution >= 4 is 53.1 Å². The molecule has 8 heteroatoms. The topological polar surface area (TPSA) is 68.8 Å². The quantitative estimate of drug-likeness (QED) is 0.234. The molecule has 1 unspecified atom stereocenters. The van der Waals surface area contributed by atoms with Crippen LogP contribution in [0, 0.1) is 0 Å². The normalized spacial score (nSPS) is 16.1. The van der Waals surface area contributed by atoms with Gasteiger partial charge < -0.3 is 20.9 Å². The van der Waals surface area contributed by atoms with Crippen LogP contribution in [0.5, 0.6) is 0 Å². The molecule has 2 aromatic carbocycles. The molecule has 2 aromatic rings. The van der Waals surface area contributed by atoms with Gasteiger partial charge in [-0.2, -0.15) is 0 Å². The zero-order chi connectivity index (χ0) is 19.8. The summed E-state index contributed by atoms with van der Waals surface area (Å²) in [5.41, 5.74) is 1.81. The third-order valence-electron chi connectivity index (χ3n) is 4.67. The lowest BCUT2D eigenvalue weighted by Gasteiger charge is -2.20. The van der Waals surface area contributed by atoms with Crippen LogP contribution in [0.25, 0.3) is 0 Å². The van der Waals surface area contributed by atoms with E-state index >= 15 is 0 Å². The van der Waals surface area contributed by atoms with Crippen LogP contribution in [-0.4, -0.2) is 51.1 Å². The summed E-state index contributed by atoms with van der Waals surface area (Å²) in [5.74, 6) is 0.671. The Morgan fingerprint density at radius 2 is 1.90 bits per heavy atom. The maximum Gasteiger partial charge on any atom is 0.251 e. The van der Waals surface area contributed by atoms with Crippen LogP contribution in [0.1, 0.15) is 16.8 Å². The van der Waals surface area contributed by atoms with E-state index in [-0.39, 0.29) is 29.9 Å². The lowest BCUT2D eigenvalue weighted by Crippen LogP contribution is -2.46. The number of benzene rings is 2. The van der Waals surface area contributed by atoms with Crippen molar-refractivity contribution in [1.29, 1.82) is 0 Å². The van der Waals surface area contributed by atoms with Crippen LogP contribution in [0.4, 0.5) is 5.69 Å². The highest BCUT2D eigenvalue weighted by Crippen LogP contribution is 2.23. The van der Waals surface area contributed by atoms with Gasteiger partial charge in [-0.05, 0) is 36.8 Å². The van der Waals surface area contributed by atoms with Crippen molar-refractivity contribution in [3.05, 3.63) is 65.2 Å². The first kappa shape index (κ1) is 23.3. The van der Waals surface area contributed by atoms with Gasteiger partial charge in [0, 0.05) is 55.5 Å². The van der Waals surface area contributed by atoms with E-state index in [0.29, 0.717) is 24.7 Å². The molecule has 1 aliphatic heterocycles. The Labute approximate surface area is 194 Å². The largest absolute Gasteiger partial charge is 0.369 e. The fraction of sp³-hybridized carbons (Fsp3) is 0.333. The van der Waals surface area contributed by atoms with Gasteiger partial charge in [-0.15, -0.1) is 24.0 Å². The molecule has 1 aliphatic rings. The number of nitrogens with zero attached hydrogens (tertiary/aromatic N) is 2. The minimum Gasteiger partial charge on any atom is -0.369 e. The zero-order valence-corrected chi connectivity index (χ0v) is 19.5. The van der Waals surface area contributed by atoms with E-state index in [1.54, 1.807) is 19.2 Å². The number of hydrogen-bond acceptors (Lipinski definition) is 3. The Morgan fingerprint density at radius 3 is 2.62 bits per heavy atom. The third-order valence-corrected chi connectivity index (χ3v) is 4.90. The molecule has 0 radical (unpaired) electrons. The third kappa shape index (κ3) is 7.08. The van der Waals surface area contributed by atoms with Gasteiger partial charge in [0.25, 0.3) is 5.91 Å². The average Bonchev–Trinajstić information content (AvgIpc) is 3.19. The fourth-order valence-corrected chi connectivity index (χ4v) is 3.41. The van der Waals surface area contributed by atoms with Crippen LogP contribution < -0.4 is 20.9 Å². The Morgan fingerprint density at radius 1 is 1.14 bits per heavy atom.